The number of hydrogen-bond acceptors (Lipinski definition) is 8. The molecule has 0 unspecified atom stereocenters. The fourth-order valence-corrected chi connectivity index (χ4v) is 3.46. The van der Waals surface area contributed by atoms with Crippen molar-refractivity contribution in [3.8, 4) is 0 Å². The van der Waals surface area contributed by atoms with Crippen molar-refractivity contribution in [3.05, 3.63) is 35.8 Å². The van der Waals surface area contributed by atoms with E-state index in [1.807, 2.05) is 4.90 Å². The number of halogens is 1. The van der Waals surface area contributed by atoms with Gasteiger partial charge >= 0.3 is 17.9 Å². The first kappa shape index (κ1) is 21.6. The summed E-state index contributed by atoms with van der Waals surface area (Å²) in [7, 11) is 0. The van der Waals surface area contributed by atoms with Crippen molar-refractivity contribution in [3.63, 3.8) is 0 Å². The molecular weight excluding hydrogens is 395 g/mol. The summed E-state index contributed by atoms with van der Waals surface area (Å²) in [5.41, 5.74) is 0.321. The number of ether oxygens (including phenoxy) is 3. The Morgan fingerprint density at radius 2 is 1.90 bits per heavy atom. The van der Waals surface area contributed by atoms with E-state index >= 15 is 0 Å². The molecule has 0 saturated carbocycles. The molecule has 1 N–H and O–H groups in total. The average Bonchev–Trinajstić information content (AvgIpc) is 2.67. The molecule has 1 aromatic rings. The van der Waals surface area contributed by atoms with Gasteiger partial charge in [0.1, 0.15) is 5.82 Å². The summed E-state index contributed by atoms with van der Waals surface area (Å²) < 4.78 is 29.7. The van der Waals surface area contributed by atoms with E-state index in [-0.39, 0.29) is 23.1 Å². The average molecular weight is 420 g/mol. The molecule has 2 aliphatic rings. The number of anilines is 2. The van der Waals surface area contributed by atoms with Crippen LogP contribution in [0.25, 0.3) is 0 Å². The lowest BCUT2D eigenvalue weighted by Gasteiger charge is -2.34. The first-order valence-corrected chi connectivity index (χ1v) is 9.85. The topological polar surface area (TPSA) is 94.2 Å². The van der Waals surface area contributed by atoms with E-state index in [1.54, 1.807) is 19.1 Å². The van der Waals surface area contributed by atoms with E-state index in [0.29, 0.717) is 38.2 Å². The van der Waals surface area contributed by atoms with Crippen molar-refractivity contribution in [1.82, 2.24) is 0 Å². The summed E-state index contributed by atoms with van der Waals surface area (Å²) in [6.45, 7) is 6.08. The van der Waals surface area contributed by atoms with Crippen molar-refractivity contribution >= 4 is 29.3 Å². The zero-order valence-corrected chi connectivity index (χ0v) is 17.2. The van der Waals surface area contributed by atoms with Gasteiger partial charge in [0.05, 0.1) is 23.9 Å². The van der Waals surface area contributed by atoms with Gasteiger partial charge in [-0.1, -0.05) is 6.07 Å². The Bertz CT molecular complexity index is 852. The minimum atomic E-state index is -1.35. The van der Waals surface area contributed by atoms with Crippen molar-refractivity contribution in [2.75, 3.05) is 29.9 Å². The van der Waals surface area contributed by atoms with E-state index in [2.05, 4.69) is 5.32 Å². The maximum atomic E-state index is 14.6. The van der Waals surface area contributed by atoms with E-state index in [9.17, 15) is 18.8 Å². The molecule has 2 saturated heterocycles. The van der Waals surface area contributed by atoms with Crippen LogP contribution < -0.4 is 10.2 Å². The summed E-state index contributed by atoms with van der Waals surface area (Å²) >= 11 is 0. The standard InChI is InChI=1S/C21H25FN2O6/c1-4-28-18(25)13-8-10-24(11-9-13)16-7-5-6-15(22)17(16)23-12-14-19(26)29-21(2,3)30-20(14)27/h5-7,12-13,23H,4,8-11H2,1-3H3. The van der Waals surface area contributed by atoms with Gasteiger partial charge in [-0.15, -0.1) is 0 Å². The zero-order valence-electron chi connectivity index (χ0n) is 17.2. The number of nitrogens with zero attached hydrogens (tertiary/aromatic N) is 1. The number of carbonyl (C=O) groups is 3. The molecular formula is C21H25FN2O6. The molecule has 9 heteroatoms. The lowest BCUT2D eigenvalue weighted by Crippen LogP contribution is -2.42. The van der Waals surface area contributed by atoms with Gasteiger partial charge in [-0.25, -0.2) is 14.0 Å². The quantitative estimate of drug-likeness (QED) is 0.442. The maximum absolute atomic E-state index is 14.6. The number of para-hydroxylation sites is 1. The van der Waals surface area contributed by atoms with Gasteiger partial charge in [-0.2, -0.15) is 0 Å². The third-order valence-corrected chi connectivity index (χ3v) is 4.92. The number of nitrogens with one attached hydrogen (secondary N) is 1. The van der Waals surface area contributed by atoms with Crippen LogP contribution in [-0.4, -0.2) is 43.4 Å². The Morgan fingerprint density at radius 3 is 2.50 bits per heavy atom. The Balaban J connectivity index is 1.76. The molecule has 2 aliphatic heterocycles. The molecule has 3 rings (SSSR count). The third-order valence-electron chi connectivity index (χ3n) is 4.92. The van der Waals surface area contributed by atoms with Crippen molar-refractivity contribution in [2.45, 2.75) is 39.4 Å². The number of esters is 3. The minimum Gasteiger partial charge on any atom is -0.466 e. The molecule has 30 heavy (non-hydrogen) atoms. The van der Waals surface area contributed by atoms with Crippen LogP contribution in [-0.2, 0) is 28.6 Å². The predicted octanol–water partition coefficient (Wildman–Crippen LogP) is 2.74. The number of cyclic esters (lactones) is 2. The van der Waals surface area contributed by atoms with Gasteiger partial charge in [-0.3, -0.25) is 4.79 Å². The summed E-state index contributed by atoms with van der Waals surface area (Å²) in [4.78, 5) is 38.1. The lowest BCUT2D eigenvalue weighted by molar-refractivity contribution is -0.222. The molecule has 0 bridgehead atoms. The van der Waals surface area contributed by atoms with Gasteiger partial charge in [0, 0.05) is 33.1 Å². The molecule has 0 radical (unpaired) electrons. The minimum absolute atomic E-state index is 0.116. The van der Waals surface area contributed by atoms with Gasteiger partial charge < -0.3 is 24.4 Å². The molecule has 0 aliphatic carbocycles. The second kappa shape index (κ2) is 8.73. The Kier molecular flexibility index (Phi) is 6.28. The molecule has 0 amide bonds. The summed E-state index contributed by atoms with van der Waals surface area (Å²) in [5.74, 6) is -3.98. The Morgan fingerprint density at radius 1 is 1.27 bits per heavy atom. The third kappa shape index (κ3) is 4.72. The summed E-state index contributed by atoms with van der Waals surface area (Å²) in [6.07, 6.45) is 2.26. The van der Waals surface area contributed by atoms with Gasteiger partial charge in [0.25, 0.3) is 5.79 Å². The molecule has 8 nitrogen and oxygen atoms in total. The highest BCUT2D eigenvalue weighted by molar-refractivity contribution is 6.15. The number of rotatable bonds is 5. The van der Waals surface area contributed by atoms with E-state index in [0.717, 1.165) is 6.20 Å². The Labute approximate surface area is 174 Å². The highest BCUT2D eigenvalue weighted by Gasteiger charge is 2.39. The first-order chi connectivity index (χ1) is 14.2. The van der Waals surface area contributed by atoms with Crippen LogP contribution in [0.5, 0.6) is 0 Å². The van der Waals surface area contributed by atoms with E-state index in [4.69, 9.17) is 14.2 Å². The van der Waals surface area contributed by atoms with Crippen molar-refractivity contribution in [1.29, 1.82) is 0 Å². The second-order valence-electron chi connectivity index (χ2n) is 7.53. The number of piperidine rings is 1. The Hall–Kier alpha value is -3.10. The van der Waals surface area contributed by atoms with Gasteiger partial charge in [0.2, 0.25) is 0 Å². The molecule has 2 fully saturated rings. The van der Waals surface area contributed by atoms with Gasteiger partial charge in [-0.05, 0) is 31.9 Å². The monoisotopic (exact) mass is 420 g/mol. The highest BCUT2D eigenvalue weighted by Crippen LogP contribution is 2.33. The first-order valence-electron chi connectivity index (χ1n) is 9.85. The van der Waals surface area contributed by atoms with Crippen molar-refractivity contribution in [2.24, 2.45) is 5.92 Å². The van der Waals surface area contributed by atoms with Crippen LogP contribution in [0.1, 0.15) is 33.6 Å². The van der Waals surface area contributed by atoms with Crippen LogP contribution in [0, 0.1) is 11.7 Å². The molecule has 2 heterocycles. The second-order valence-corrected chi connectivity index (χ2v) is 7.53. The molecule has 0 spiro atoms. The van der Waals surface area contributed by atoms with Crippen LogP contribution in [0.2, 0.25) is 0 Å². The SMILES string of the molecule is CCOC(=O)C1CCN(c2cccc(F)c2NC=C2C(=O)OC(C)(C)OC2=O)CC1. The predicted molar refractivity (Wildman–Crippen MR) is 106 cm³/mol. The normalized spacial score (nSPS) is 19.1. The van der Waals surface area contributed by atoms with Crippen LogP contribution in [0.3, 0.4) is 0 Å². The van der Waals surface area contributed by atoms with Crippen LogP contribution >= 0.6 is 0 Å². The summed E-state index contributed by atoms with van der Waals surface area (Å²) in [6, 6.07) is 4.58. The van der Waals surface area contributed by atoms with Crippen LogP contribution in [0.4, 0.5) is 15.8 Å². The van der Waals surface area contributed by atoms with E-state index < -0.39 is 23.5 Å². The van der Waals surface area contributed by atoms with Crippen LogP contribution in [0.15, 0.2) is 30.0 Å². The molecule has 0 atom stereocenters. The number of hydrogen-bond donors (Lipinski definition) is 1. The molecule has 0 aromatic heterocycles. The fourth-order valence-electron chi connectivity index (χ4n) is 3.46. The highest BCUT2D eigenvalue weighted by atomic mass is 19.1. The van der Waals surface area contributed by atoms with Gasteiger partial charge in [0.15, 0.2) is 5.57 Å². The zero-order chi connectivity index (χ0) is 21.9. The fraction of sp³-hybridized carbons (Fsp3) is 0.476. The largest absolute Gasteiger partial charge is 0.466 e. The smallest absolute Gasteiger partial charge is 0.350 e. The van der Waals surface area contributed by atoms with E-state index in [1.165, 1.54) is 19.9 Å². The maximum Gasteiger partial charge on any atom is 0.350 e. The molecule has 162 valence electrons. The van der Waals surface area contributed by atoms with Crippen molar-refractivity contribution < 1.29 is 33.0 Å². The number of carbonyl (C=O) groups excluding carboxylic acids is 3. The molecule has 1 aromatic carbocycles. The lowest BCUT2D eigenvalue weighted by atomic mass is 9.96. The number of benzene rings is 1. The summed E-state index contributed by atoms with van der Waals surface area (Å²) in [5, 5.41) is 2.72.